The molecule has 1 atom stereocenters. The van der Waals surface area contributed by atoms with E-state index in [4.69, 9.17) is 13.9 Å². The van der Waals surface area contributed by atoms with Crippen LogP contribution in [-0.4, -0.2) is 44.7 Å². The third kappa shape index (κ3) is 6.18. The number of anilines is 1. The predicted molar refractivity (Wildman–Crippen MR) is 200 cm³/mol. The smallest absolute Gasteiger partial charge is 0.414 e. The monoisotopic (exact) mass is 685 g/mol. The quantitative estimate of drug-likeness (QED) is 0.156. The van der Waals surface area contributed by atoms with Crippen LogP contribution in [0.2, 0.25) is 18.1 Å². The molecule has 7 rings (SSSR count). The van der Waals surface area contributed by atoms with Crippen LogP contribution < -0.4 is 9.64 Å². The first-order chi connectivity index (χ1) is 23.9. The topological polar surface area (TPSA) is 85.3 Å². The van der Waals surface area contributed by atoms with Crippen molar-refractivity contribution in [3.63, 3.8) is 0 Å². The van der Waals surface area contributed by atoms with Crippen molar-refractivity contribution in [3.8, 4) is 16.9 Å². The Balaban J connectivity index is 1.27. The molecule has 0 fully saturated rings. The van der Waals surface area contributed by atoms with E-state index in [0.29, 0.717) is 31.1 Å². The SMILES string of the molecule is CC(C)(C)[Si](C)(C)OCC1Cc2c(cc(OCc3ccccc3)c3ccc(C(=O)O)cc23)N1C(=O)OCC1c2ccccc2-c2ccccc21. The molecule has 1 unspecified atom stereocenters. The first-order valence-electron chi connectivity index (χ1n) is 17.2. The van der Waals surface area contributed by atoms with Gasteiger partial charge in [-0.3, -0.25) is 4.90 Å². The van der Waals surface area contributed by atoms with Crippen molar-refractivity contribution in [1.82, 2.24) is 0 Å². The number of amides is 1. The summed E-state index contributed by atoms with van der Waals surface area (Å²) in [6, 6.07) is 33.1. The van der Waals surface area contributed by atoms with Gasteiger partial charge in [0.25, 0.3) is 0 Å². The zero-order chi connectivity index (χ0) is 35.2. The number of carbonyl (C=O) groups is 2. The van der Waals surface area contributed by atoms with E-state index in [1.54, 1.807) is 23.1 Å². The van der Waals surface area contributed by atoms with Gasteiger partial charge in [0, 0.05) is 17.4 Å². The molecule has 50 heavy (non-hydrogen) atoms. The number of hydrogen-bond donors (Lipinski definition) is 1. The van der Waals surface area contributed by atoms with Crippen LogP contribution >= 0.6 is 0 Å². The molecule has 0 saturated heterocycles. The minimum atomic E-state index is -2.18. The fraction of sp³-hybridized carbons (Fsp3) is 0.286. The average molecular weight is 686 g/mol. The molecule has 0 bridgehead atoms. The van der Waals surface area contributed by atoms with Crippen LogP contribution in [0.25, 0.3) is 21.9 Å². The first kappa shape index (κ1) is 33.6. The highest BCUT2D eigenvalue weighted by Gasteiger charge is 2.42. The van der Waals surface area contributed by atoms with Crippen LogP contribution in [-0.2, 0) is 22.2 Å². The van der Waals surface area contributed by atoms with Crippen LogP contribution in [0.15, 0.2) is 103 Å². The largest absolute Gasteiger partial charge is 0.488 e. The minimum absolute atomic E-state index is 0.0193. The van der Waals surface area contributed by atoms with Crippen molar-refractivity contribution >= 4 is 36.8 Å². The molecule has 1 heterocycles. The van der Waals surface area contributed by atoms with Gasteiger partial charge in [0.05, 0.1) is 23.9 Å². The van der Waals surface area contributed by atoms with E-state index < -0.39 is 20.4 Å². The van der Waals surface area contributed by atoms with E-state index in [-0.39, 0.29) is 29.2 Å². The number of aromatic carboxylic acids is 1. The van der Waals surface area contributed by atoms with Gasteiger partial charge < -0.3 is 19.0 Å². The van der Waals surface area contributed by atoms with Crippen molar-refractivity contribution < 1.29 is 28.6 Å². The van der Waals surface area contributed by atoms with Crippen molar-refractivity contribution in [2.45, 2.75) is 63.9 Å². The lowest BCUT2D eigenvalue weighted by molar-refractivity contribution is 0.0697. The summed E-state index contributed by atoms with van der Waals surface area (Å²) >= 11 is 0. The summed E-state index contributed by atoms with van der Waals surface area (Å²) in [5.74, 6) is -0.530. The molecule has 8 heteroatoms. The van der Waals surface area contributed by atoms with Gasteiger partial charge in [-0.05, 0) is 81.5 Å². The Labute approximate surface area is 294 Å². The maximum absolute atomic E-state index is 14.4. The van der Waals surface area contributed by atoms with Crippen LogP contribution in [0.5, 0.6) is 5.75 Å². The lowest BCUT2D eigenvalue weighted by Gasteiger charge is -2.38. The Bertz CT molecular complexity index is 2040. The number of carbonyl (C=O) groups excluding carboxylic acids is 1. The molecular weight excluding hydrogens is 643 g/mol. The summed E-state index contributed by atoms with van der Waals surface area (Å²) in [5.41, 5.74) is 7.33. The van der Waals surface area contributed by atoms with Gasteiger partial charge in [0.15, 0.2) is 8.32 Å². The van der Waals surface area contributed by atoms with Crippen LogP contribution in [0.4, 0.5) is 10.5 Å². The number of fused-ring (bicyclic) bond motifs is 6. The molecule has 5 aromatic rings. The van der Waals surface area contributed by atoms with Crippen molar-refractivity contribution in [2.24, 2.45) is 0 Å². The van der Waals surface area contributed by atoms with Crippen molar-refractivity contribution in [1.29, 1.82) is 0 Å². The van der Waals surface area contributed by atoms with E-state index in [1.165, 1.54) is 0 Å². The molecule has 5 aromatic carbocycles. The normalized spacial score (nSPS) is 15.5. The summed E-state index contributed by atoms with van der Waals surface area (Å²) in [4.78, 5) is 28.3. The molecule has 0 saturated carbocycles. The number of nitrogens with zero attached hydrogens (tertiary/aromatic N) is 1. The van der Waals surface area contributed by atoms with Crippen molar-refractivity contribution in [3.05, 3.63) is 131 Å². The molecule has 0 aromatic heterocycles. The van der Waals surface area contributed by atoms with Crippen LogP contribution in [0.1, 0.15) is 59.3 Å². The first-order valence-corrected chi connectivity index (χ1v) is 20.1. The summed E-state index contributed by atoms with van der Waals surface area (Å²) in [7, 11) is -2.18. The second-order valence-electron chi connectivity index (χ2n) is 14.8. The zero-order valence-electron chi connectivity index (χ0n) is 29.2. The second kappa shape index (κ2) is 13.1. The van der Waals surface area contributed by atoms with Gasteiger partial charge in [0.1, 0.15) is 19.0 Å². The molecule has 1 amide bonds. The van der Waals surface area contributed by atoms with Crippen LogP contribution in [0, 0.1) is 0 Å². The molecule has 1 aliphatic heterocycles. The Morgan fingerprint density at radius 2 is 1.46 bits per heavy atom. The van der Waals surface area contributed by atoms with E-state index in [9.17, 15) is 14.7 Å². The molecule has 2 aliphatic rings. The van der Waals surface area contributed by atoms with E-state index in [2.05, 4.69) is 58.1 Å². The third-order valence-electron chi connectivity index (χ3n) is 10.7. The molecule has 256 valence electrons. The summed E-state index contributed by atoms with van der Waals surface area (Å²) < 4.78 is 19.4. The molecule has 1 N–H and O–H groups in total. The Kier molecular flexibility index (Phi) is 8.78. The lowest BCUT2D eigenvalue weighted by Crippen LogP contribution is -2.47. The molecule has 0 spiro atoms. The standard InChI is InChI=1S/C42H43NO6Si/c1-42(2,3)50(4,5)49-25-29-22-36-35-21-28(40(44)45)19-20-34(35)39(47-24-27-13-7-6-8-14-27)23-38(36)43(29)41(46)48-26-37-32-17-11-9-15-30(32)31-16-10-12-18-33(31)37/h6-21,23,29,37H,22,24-26H2,1-5H3,(H,44,45). The number of ether oxygens (including phenoxy) is 2. The van der Waals surface area contributed by atoms with Gasteiger partial charge in [-0.25, -0.2) is 9.59 Å². The maximum atomic E-state index is 14.4. The molecule has 1 aliphatic carbocycles. The zero-order valence-corrected chi connectivity index (χ0v) is 30.2. The number of benzene rings is 5. The molecular formula is C42H43NO6Si. The second-order valence-corrected chi connectivity index (χ2v) is 19.6. The highest BCUT2D eigenvalue weighted by atomic mass is 28.4. The fourth-order valence-corrected chi connectivity index (χ4v) is 7.98. The van der Waals surface area contributed by atoms with E-state index in [0.717, 1.165) is 44.2 Å². The predicted octanol–water partition coefficient (Wildman–Crippen LogP) is 9.82. The van der Waals surface area contributed by atoms with E-state index >= 15 is 0 Å². The molecule has 7 nitrogen and oxygen atoms in total. The average Bonchev–Trinajstić information content (AvgIpc) is 3.64. The van der Waals surface area contributed by atoms with Gasteiger partial charge in [-0.2, -0.15) is 0 Å². The minimum Gasteiger partial charge on any atom is -0.488 e. The van der Waals surface area contributed by atoms with Gasteiger partial charge in [-0.15, -0.1) is 0 Å². The number of carboxylic acids is 1. The Hall–Kier alpha value is -4.92. The summed E-state index contributed by atoms with van der Waals surface area (Å²) in [5, 5.41) is 11.5. The Morgan fingerprint density at radius 3 is 2.10 bits per heavy atom. The van der Waals surface area contributed by atoms with Gasteiger partial charge in [-0.1, -0.05) is 99.6 Å². The fourth-order valence-electron chi connectivity index (χ4n) is 6.94. The van der Waals surface area contributed by atoms with E-state index in [1.807, 2.05) is 60.7 Å². The number of hydrogen-bond acceptors (Lipinski definition) is 5. The van der Waals surface area contributed by atoms with Gasteiger partial charge in [0.2, 0.25) is 0 Å². The number of rotatable bonds is 9. The van der Waals surface area contributed by atoms with Crippen molar-refractivity contribution in [2.75, 3.05) is 18.1 Å². The Morgan fingerprint density at radius 1 is 0.820 bits per heavy atom. The summed E-state index contributed by atoms with van der Waals surface area (Å²) in [6.07, 6.45) is 0.0318. The summed E-state index contributed by atoms with van der Waals surface area (Å²) in [6.45, 7) is 11.8. The third-order valence-corrected chi connectivity index (χ3v) is 15.2. The maximum Gasteiger partial charge on any atom is 0.414 e. The highest BCUT2D eigenvalue weighted by molar-refractivity contribution is 6.74. The lowest BCUT2D eigenvalue weighted by atomic mass is 9.98. The highest BCUT2D eigenvalue weighted by Crippen LogP contribution is 2.47. The van der Waals surface area contributed by atoms with Gasteiger partial charge >= 0.3 is 12.1 Å². The van der Waals surface area contributed by atoms with Crippen LogP contribution in [0.3, 0.4) is 0 Å². The number of carboxylic acid groups (broad SMARTS) is 1. The molecule has 0 radical (unpaired) electrons.